The molecule has 0 atom stereocenters. The molecule has 4 heterocycles. The van der Waals surface area contributed by atoms with E-state index in [1.54, 1.807) is 49.2 Å². The summed E-state index contributed by atoms with van der Waals surface area (Å²) in [7, 11) is 0. The number of nitrogens with zero attached hydrogens (tertiary/aromatic N) is 7. The zero-order valence-corrected chi connectivity index (χ0v) is 23.1. The number of aromatic amines is 1. The molecule has 0 aliphatic carbocycles. The quantitative estimate of drug-likeness (QED) is 0.142. The fourth-order valence-electron chi connectivity index (χ4n) is 3.38. The molecule has 13 heteroatoms. The Hall–Kier alpha value is -4.41. The summed E-state index contributed by atoms with van der Waals surface area (Å²) in [6.45, 7) is 5.90. The molecule has 5 rings (SSSR count). The Bertz CT molecular complexity index is 1630. The summed E-state index contributed by atoms with van der Waals surface area (Å²) in [6, 6.07) is 8.94. The largest absolute Gasteiger partial charge is 0.442 e. The van der Waals surface area contributed by atoms with Gasteiger partial charge in [-0.3, -0.25) is 0 Å². The molecule has 0 saturated heterocycles. The van der Waals surface area contributed by atoms with Gasteiger partial charge in [-0.15, -0.1) is 23.3 Å². The van der Waals surface area contributed by atoms with Crippen LogP contribution in [0.15, 0.2) is 61.3 Å². The van der Waals surface area contributed by atoms with Crippen LogP contribution in [0.3, 0.4) is 0 Å². The second kappa shape index (κ2) is 12.4. The van der Waals surface area contributed by atoms with Crippen molar-refractivity contribution in [3.05, 3.63) is 78.4 Å². The maximum absolute atomic E-state index is 12.4. The van der Waals surface area contributed by atoms with Gasteiger partial charge in [0.2, 0.25) is 5.95 Å². The summed E-state index contributed by atoms with van der Waals surface area (Å²) in [5, 5.41) is 8.06. The molecule has 0 fully saturated rings. The van der Waals surface area contributed by atoms with Crippen molar-refractivity contribution in [1.29, 1.82) is 0 Å². The molecule has 0 spiro atoms. The lowest BCUT2D eigenvalue weighted by Crippen LogP contribution is -2.27. The smallest absolute Gasteiger partial charge is 0.435 e. The maximum Gasteiger partial charge on any atom is 0.435 e. The molecule has 0 saturated carbocycles. The lowest BCUT2D eigenvalue weighted by molar-refractivity contribution is 0.0522. The van der Waals surface area contributed by atoms with Crippen LogP contribution in [0.1, 0.15) is 37.9 Å². The summed E-state index contributed by atoms with van der Waals surface area (Å²) in [6.07, 6.45) is 7.80. The number of H-pyrrole nitrogens is 1. The number of thiol groups is 2. The van der Waals surface area contributed by atoms with Crippen LogP contribution < -0.4 is 5.32 Å². The zero-order valence-electron chi connectivity index (χ0n) is 21.3. The predicted octanol–water partition coefficient (Wildman–Crippen LogP) is 4.56. The average molecular weight is 560 g/mol. The lowest BCUT2D eigenvalue weighted by Gasteiger charge is -2.19. The van der Waals surface area contributed by atoms with Crippen LogP contribution in [0, 0.1) is 11.8 Å². The SMILES string of the molecule is CC(C)(C)OC(=O)n1ncc2cc(C#Cc3ccnc(-c4ccnc(NCc5ncc[nH]5)n4)n3)ccc21.SS. The summed E-state index contributed by atoms with van der Waals surface area (Å²) in [5.41, 5.74) is 1.89. The standard InChI is InChI=1S/C26H23N9O2.H2S2/c1-26(2,3)37-25(36)35-21-7-5-17(14-18(21)15-32-35)4-6-19-8-10-29-23(33-19)20-9-11-30-24(34-20)31-16-22-27-12-13-28-22;1-2/h5,7-15H,16H2,1-3H3,(H,27,28)(H,30,31,34);1-2H. The van der Waals surface area contributed by atoms with Gasteiger partial charge in [0.1, 0.15) is 22.8 Å². The van der Waals surface area contributed by atoms with E-state index >= 15 is 0 Å². The third kappa shape index (κ3) is 7.34. The van der Waals surface area contributed by atoms with E-state index in [4.69, 9.17) is 4.74 Å². The Labute approximate surface area is 235 Å². The zero-order chi connectivity index (χ0) is 27.8. The fourth-order valence-corrected chi connectivity index (χ4v) is 3.38. The molecule has 2 N–H and O–H groups in total. The van der Waals surface area contributed by atoms with Gasteiger partial charge in [-0.05, 0) is 57.0 Å². The number of benzene rings is 1. The summed E-state index contributed by atoms with van der Waals surface area (Å²) in [4.78, 5) is 37.2. The van der Waals surface area contributed by atoms with Crippen molar-refractivity contribution >= 4 is 46.3 Å². The van der Waals surface area contributed by atoms with E-state index in [-0.39, 0.29) is 0 Å². The van der Waals surface area contributed by atoms with Crippen molar-refractivity contribution in [1.82, 2.24) is 39.7 Å². The number of aromatic nitrogens is 8. The minimum absolute atomic E-state index is 0.435. The second-order valence-corrected chi connectivity index (χ2v) is 8.98. The van der Waals surface area contributed by atoms with Crippen LogP contribution in [-0.4, -0.2) is 51.4 Å². The minimum Gasteiger partial charge on any atom is -0.442 e. The minimum atomic E-state index is -0.610. The number of carbonyl (C=O) groups is 1. The van der Waals surface area contributed by atoms with Gasteiger partial charge >= 0.3 is 6.09 Å². The summed E-state index contributed by atoms with van der Waals surface area (Å²) >= 11 is 6.44. The van der Waals surface area contributed by atoms with Crippen LogP contribution in [0.2, 0.25) is 0 Å². The van der Waals surface area contributed by atoms with Gasteiger partial charge in [0, 0.05) is 35.7 Å². The molecular formula is C26H25N9O2S2. The Balaban J connectivity index is 0.00000172. The van der Waals surface area contributed by atoms with E-state index < -0.39 is 11.7 Å². The van der Waals surface area contributed by atoms with Crippen LogP contribution in [0.4, 0.5) is 10.7 Å². The summed E-state index contributed by atoms with van der Waals surface area (Å²) in [5.74, 6) is 7.82. The fraction of sp³-hybridized carbons (Fsp3) is 0.192. The molecule has 198 valence electrons. The molecule has 4 aromatic heterocycles. The third-order valence-corrected chi connectivity index (χ3v) is 4.98. The van der Waals surface area contributed by atoms with Crippen molar-refractivity contribution < 1.29 is 9.53 Å². The number of anilines is 1. The van der Waals surface area contributed by atoms with Gasteiger partial charge in [0.15, 0.2) is 5.82 Å². The van der Waals surface area contributed by atoms with Crippen LogP contribution >= 0.6 is 23.3 Å². The number of fused-ring (bicyclic) bond motifs is 1. The van der Waals surface area contributed by atoms with E-state index in [2.05, 4.69) is 75.5 Å². The molecular weight excluding hydrogens is 534 g/mol. The molecule has 0 radical (unpaired) electrons. The molecule has 11 nitrogen and oxygen atoms in total. The van der Waals surface area contributed by atoms with Crippen LogP contribution in [0.25, 0.3) is 22.4 Å². The molecule has 0 unspecified atom stereocenters. The van der Waals surface area contributed by atoms with Gasteiger partial charge in [-0.1, -0.05) is 5.92 Å². The number of ether oxygens (including phenoxy) is 1. The Morgan fingerprint density at radius 2 is 1.87 bits per heavy atom. The number of rotatable bonds is 4. The Morgan fingerprint density at radius 3 is 2.64 bits per heavy atom. The first kappa shape index (κ1) is 27.6. The van der Waals surface area contributed by atoms with Gasteiger partial charge in [0.25, 0.3) is 0 Å². The maximum atomic E-state index is 12.4. The Kier molecular flexibility index (Phi) is 8.80. The van der Waals surface area contributed by atoms with Crippen LogP contribution in [0.5, 0.6) is 0 Å². The number of imidazole rings is 1. The highest BCUT2D eigenvalue weighted by Gasteiger charge is 2.20. The molecule has 39 heavy (non-hydrogen) atoms. The van der Waals surface area contributed by atoms with Crippen molar-refractivity contribution in [2.45, 2.75) is 32.9 Å². The van der Waals surface area contributed by atoms with E-state index in [1.165, 1.54) is 4.68 Å². The number of carbonyl (C=O) groups excluding carboxylic acids is 1. The van der Waals surface area contributed by atoms with Crippen molar-refractivity contribution in [2.24, 2.45) is 0 Å². The first-order valence-electron chi connectivity index (χ1n) is 11.7. The second-order valence-electron chi connectivity index (χ2n) is 8.98. The molecule has 0 aliphatic rings. The van der Waals surface area contributed by atoms with E-state index in [1.807, 2.05) is 32.9 Å². The van der Waals surface area contributed by atoms with E-state index in [0.29, 0.717) is 35.2 Å². The van der Waals surface area contributed by atoms with Crippen LogP contribution in [-0.2, 0) is 11.3 Å². The number of hydrogen-bond donors (Lipinski definition) is 4. The van der Waals surface area contributed by atoms with Gasteiger partial charge < -0.3 is 15.0 Å². The van der Waals surface area contributed by atoms with Gasteiger partial charge in [0.05, 0.1) is 18.3 Å². The number of nitrogens with one attached hydrogen (secondary N) is 2. The topological polar surface area (TPSA) is 136 Å². The summed E-state index contributed by atoms with van der Waals surface area (Å²) < 4.78 is 6.66. The highest BCUT2D eigenvalue weighted by molar-refractivity contribution is 8.59. The van der Waals surface area contributed by atoms with Crippen molar-refractivity contribution in [3.63, 3.8) is 0 Å². The molecule has 0 aliphatic heterocycles. The third-order valence-electron chi connectivity index (χ3n) is 4.98. The first-order valence-corrected chi connectivity index (χ1v) is 13.3. The van der Waals surface area contributed by atoms with Gasteiger partial charge in [-0.2, -0.15) is 9.78 Å². The first-order chi connectivity index (χ1) is 18.8. The Morgan fingerprint density at radius 1 is 1.05 bits per heavy atom. The van der Waals surface area contributed by atoms with E-state index in [9.17, 15) is 4.79 Å². The normalized spacial score (nSPS) is 10.7. The highest BCUT2D eigenvalue weighted by Crippen LogP contribution is 2.18. The molecule has 5 aromatic rings. The highest BCUT2D eigenvalue weighted by atomic mass is 33.1. The number of hydrogen-bond acceptors (Lipinski definition) is 11. The lowest BCUT2D eigenvalue weighted by atomic mass is 10.1. The molecule has 0 bridgehead atoms. The molecule has 1 aromatic carbocycles. The van der Waals surface area contributed by atoms with Gasteiger partial charge in [-0.25, -0.2) is 29.7 Å². The predicted molar refractivity (Wildman–Crippen MR) is 154 cm³/mol. The van der Waals surface area contributed by atoms with Crippen molar-refractivity contribution in [2.75, 3.05) is 5.32 Å². The average Bonchev–Trinajstić information content (AvgIpc) is 3.61. The monoisotopic (exact) mass is 559 g/mol. The van der Waals surface area contributed by atoms with E-state index in [0.717, 1.165) is 16.8 Å². The van der Waals surface area contributed by atoms with Crippen molar-refractivity contribution in [3.8, 4) is 23.4 Å². The molecule has 0 amide bonds.